The van der Waals surface area contributed by atoms with Crippen LogP contribution in [0.3, 0.4) is 0 Å². The quantitative estimate of drug-likeness (QED) is 0.523. The Kier molecular flexibility index (Phi) is 3.99. The lowest BCUT2D eigenvalue weighted by atomic mass is 10.1. The van der Waals surface area contributed by atoms with Crippen LogP contribution in [0.1, 0.15) is 27.2 Å². The number of halogens is 3. The average Bonchev–Trinajstić information content (AvgIpc) is 3.07. The van der Waals surface area contributed by atoms with Crippen molar-refractivity contribution >= 4 is 40.8 Å². The molecule has 1 aliphatic rings. The molecule has 7 heteroatoms. The number of rotatable bonds is 3. The van der Waals surface area contributed by atoms with Crippen molar-refractivity contribution in [2.75, 3.05) is 0 Å². The third kappa shape index (κ3) is 2.80. The Morgan fingerprint density at radius 3 is 2.56 bits per heavy atom. The van der Waals surface area contributed by atoms with Gasteiger partial charge in [0, 0.05) is 32.6 Å². The maximum absolute atomic E-state index is 11.6. The molecular formula is C18H11Cl3N2O2. The Morgan fingerprint density at radius 1 is 1.12 bits per heavy atom. The minimum absolute atomic E-state index is 0.0624. The van der Waals surface area contributed by atoms with Crippen LogP contribution < -0.4 is 0 Å². The fourth-order valence-electron chi connectivity index (χ4n) is 3.20. The van der Waals surface area contributed by atoms with E-state index in [1.165, 1.54) is 0 Å². The van der Waals surface area contributed by atoms with Gasteiger partial charge in [-0.1, -0.05) is 46.9 Å². The third-order valence-corrected chi connectivity index (χ3v) is 5.10. The van der Waals surface area contributed by atoms with Crippen molar-refractivity contribution in [3.63, 3.8) is 0 Å². The van der Waals surface area contributed by atoms with Crippen molar-refractivity contribution in [1.82, 2.24) is 9.78 Å². The topological polar surface area (TPSA) is 55.1 Å². The molecular weight excluding hydrogens is 383 g/mol. The van der Waals surface area contributed by atoms with E-state index in [9.17, 15) is 9.90 Å². The molecule has 0 unspecified atom stereocenters. The number of carboxylic acid groups (broad SMARTS) is 1. The van der Waals surface area contributed by atoms with Gasteiger partial charge in [-0.3, -0.25) is 4.68 Å². The van der Waals surface area contributed by atoms with E-state index in [0.717, 1.165) is 22.4 Å². The first-order valence-corrected chi connectivity index (χ1v) is 8.63. The summed E-state index contributed by atoms with van der Waals surface area (Å²) in [7, 11) is 0. The van der Waals surface area contributed by atoms with Gasteiger partial charge < -0.3 is 5.11 Å². The van der Waals surface area contributed by atoms with Crippen molar-refractivity contribution in [3.8, 4) is 11.3 Å². The zero-order valence-electron chi connectivity index (χ0n) is 12.8. The molecule has 0 fully saturated rings. The van der Waals surface area contributed by atoms with Crippen LogP contribution in [0, 0.1) is 0 Å². The molecule has 1 aromatic heterocycles. The Morgan fingerprint density at radius 2 is 1.84 bits per heavy atom. The van der Waals surface area contributed by atoms with Crippen molar-refractivity contribution < 1.29 is 9.90 Å². The summed E-state index contributed by atoms with van der Waals surface area (Å²) in [4.78, 5) is 11.6. The van der Waals surface area contributed by atoms with E-state index in [-0.39, 0.29) is 5.69 Å². The largest absolute Gasteiger partial charge is 0.476 e. The highest BCUT2D eigenvalue weighted by Crippen LogP contribution is 2.40. The standard InChI is InChI=1S/C18H11Cl3N2O2/c19-11-3-4-13-10(5-11)6-14-16(18(24)25)22-23(17(13)14)8-9-1-2-12(20)7-15(9)21/h1-5,7H,6,8H2,(H,24,25). The number of hydrogen-bond acceptors (Lipinski definition) is 2. The van der Waals surface area contributed by atoms with E-state index in [1.54, 1.807) is 22.9 Å². The minimum Gasteiger partial charge on any atom is -0.476 e. The van der Waals surface area contributed by atoms with Gasteiger partial charge in [0.1, 0.15) is 0 Å². The fourth-order valence-corrected chi connectivity index (χ4v) is 3.86. The second-order valence-corrected chi connectivity index (χ2v) is 7.13. The van der Waals surface area contributed by atoms with Gasteiger partial charge in [-0.2, -0.15) is 5.10 Å². The molecule has 0 spiro atoms. The number of hydrogen-bond donors (Lipinski definition) is 1. The van der Waals surface area contributed by atoms with E-state index in [2.05, 4.69) is 5.10 Å². The summed E-state index contributed by atoms with van der Waals surface area (Å²) in [5.74, 6) is -1.05. The number of aromatic nitrogens is 2. The summed E-state index contributed by atoms with van der Waals surface area (Å²) in [5, 5.41) is 15.5. The van der Waals surface area contributed by atoms with Gasteiger partial charge in [-0.25, -0.2) is 4.79 Å². The lowest BCUT2D eigenvalue weighted by molar-refractivity contribution is 0.0688. The van der Waals surface area contributed by atoms with Crippen LogP contribution >= 0.6 is 34.8 Å². The maximum atomic E-state index is 11.6. The molecule has 4 rings (SSSR count). The number of fused-ring (bicyclic) bond motifs is 3. The van der Waals surface area contributed by atoms with Crippen molar-refractivity contribution in [1.29, 1.82) is 0 Å². The zero-order valence-corrected chi connectivity index (χ0v) is 15.0. The van der Waals surface area contributed by atoms with Gasteiger partial charge in [-0.05, 0) is 35.4 Å². The van der Waals surface area contributed by atoms with Crippen molar-refractivity contribution in [2.24, 2.45) is 0 Å². The number of aromatic carboxylic acids is 1. The summed E-state index contributed by atoms with van der Waals surface area (Å²) in [6, 6.07) is 10.8. The number of carboxylic acids is 1. The van der Waals surface area contributed by atoms with E-state index in [4.69, 9.17) is 34.8 Å². The molecule has 4 nitrogen and oxygen atoms in total. The SMILES string of the molecule is O=C(O)c1nn(Cc2ccc(Cl)cc2Cl)c2c1Cc1cc(Cl)ccc1-2. The molecule has 3 aromatic rings. The van der Waals surface area contributed by atoms with Crippen molar-refractivity contribution in [2.45, 2.75) is 13.0 Å². The summed E-state index contributed by atoms with van der Waals surface area (Å²) >= 11 is 18.3. The molecule has 0 saturated heterocycles. The molecule has 0 bridgehead atoms. The maximum Gasteiger partial charge on any atom is 0.356 e. The van der Waals surface area contributed by atoms with Crippen LogP contribution in [0.5, 0.6) is 0 Å². The molecule has 1 aliphatic carbocycles. The van der Waals surface area contributed by atoms with Crippen molar-refractivity contribution in [3.05, 3.63) is 73.9 Å². The minimum atomic E-state index is -1.05. The Bertz CT molecular complexity index is 1030. The van der Waals surface area contributed by atoms with Crippen LogP contribution in [-0.2, 0) is 13.0 Å². The first-order valence-electron chi connectivity index (χ1n) is 7.49. The zero-order chi connectivity index (χ0) is 17.7. The molecule has 25 heavy (non-hydrogen) atoms. The Labute approximate surface area is 158 Å². The molecule has 2 aromatic carbocycles. The van der Waals surface area contributed by atoms with E-state index in [1.807, 2.05) is 18.2 Å². The van der Waals surface area contributed by atoms with Gasteiger partial charge in [0.2, 0.25) is 0 Å². The van der Waals surface area contributed by atoms with Gasteiger partial charge in [0.15, 0.2) is 5.69 Å². The van der Waals surface area contributed by atoms with Gasteiger partial charge in [0.25, 0.3) is 0 Å². The van der Waals surface area contributed by atoms with Crippen LogP contribution in [0.2, 0.25) is 15.1 Å². The number of carbonyl (C=O) groups is 1. The second-order valence-electron chi connectivity index (χ2n) is 5.85. The summed E-state index contributed by atoms with van der Waals surface area (Å²) < 4.78 is 1.69. The van der Waals surface area contributed by atoms with E-state index < -0.39 is 5.97 Å². The smallest absolute Gasteiger partial charge is 0.356 e. The first-order chi connectivity index (χ1) is 11.9. The molecule has 1 N–H and O–H groups in total. The predicted molar refractivity (Wildman–Crippen MR) is 98.0 cm³/mol. The highest BCUT2D eigenvalue weighted by Gasteiger charge is 2.30. The average molecular weight is 394 g/mol. The van der Waals surface area contributed by atoms with Crippen LogP contribution in [-0.4, -0.2) is 20.9 Å². The van der Waals surface area contributed by atoms with Gasteiger partial charge in [0.05, 0.1) is 12.2 Å². The molecule has 0 aliphatic heterocycles. The molecule has 0 atom stereocenters. The summed E-state index contributed by atoms with van der Waals surface area (Å²) in [6.45, 7) is 0.355. The Hall–Kier alpha value is -2.01. The lowest BCUT2D eigenvalue weighted by Gasteiger charge is -2.09. The van der Waals surface area contributed by atoms with E-state index in [0.29, 0.717) is 33.6 Å². The van der Waals surface area contributed by atoms with Crippen LogP contribution in [0.15, 0.2) is 36.4 Å². The number of nitrogens with zero attached hydrogens (tertiary/aromatic N) is 2. The van der Waals surface area contributed by atoms with E-state index >= 15 is 0 Å². The highest BCUT2D eigenvalue weighted by atomic mass is 35.5. The number of benzene rings is 2. The van der Waals surface area contributed by atoms with Gasteiger partial charge >= 0.3 is 5.97 Å². The predicted octanol–water partition coefficient (Wildman–Crippen LogP) is 5.16. The lowest BCUT2D eigenvalue weighted by Crippen LogP contribution is -2.07. The third-order valence-electron chi connectivity index (χ3n) is 4.28. The first kappa shape index (κ1) is 16.5. The van der Waals surface area contributed by atoms with Crippen LogP contribution in [0.25, 0.3) is 11.3 Å². The van der Waals surface area contributed by atoms with Crippen LogP contribution in [0.4, 0.5) is 0 Å². The summed E-state index contributed by atoms with van der Waals surface area (Å²) in [5.41, 5.74) is 4.33. The molecule has 0 saturated carbocycles. The molecule has 0 amide bonds. The monoisotopic (exact) mass is 392 g/mol. The summed E-state index contributed by atoms with van der Waals surface area (Å²) in [6.07, 6.45) is 0.501. The Balaban J connectivity index is 1.86. The molecule has 0 radical (unpaired) electrons. The normalized spacial score (nSPS) is 12.1. The van der Waals surface area contributed by atoms with Gasteiger partial charge in [-0.15, -0.1) is 0 Å². The highest BCUT2D eigenvalue weighted by molar-refractivity contribution is 6.35. The fraction of sp³-hybridized carbons (Fsp3) is 0.111. The molecule has 1 heterocycles. The second kappa shape index (κ2) is 6.06. The molecule has 126 valence electrons.